The molecule has 1 amide bonds. The molecule has 0 aliphatic rings. The molecule has 1 aromatic heterocycles. The largest absolute Gasteiger partial charge is 0.310 e. The fraction of sp³-hybridized carbons (Fsp3) is 0.222. The predicted molar refractivity (Wildman–Crippen MR) is 50.9 cm³/mol. The molecule has 1 rings (SSSR count). The summed E-state index contributed by atoms with van der Waals surface area (Å²) in [7, 11) is 0. The van der Waals surface area contributed by atoms with Gasteiger partial charge >= 0.3 is 0 Å². The lowest BCUT2D eigenvalue weighted by molar-refractivity contribution is -0.115. The Labute approximate surface area is 76.5 Å². The Kier molecular flexibility index (Phi) is 3.14. The van der Waals surface area contributed by atoms with E-state index in [-0.39, 0.29) is 12.3 Å². The quantitative estimate of drug-likeness (QED) is 0.686. The van der Waals surface area contributed by atoms with Gasteiger partial charge < -0.3 is 10.7 Å². The molecule has 1 aromatic rings. The van der Waals surface area contributed by atoms with E-state index in [9.17, 15) is 4.79 Å². The summed E-state index contributed by atoms with van der Waals surface area (Å²) >= 11 is 0. The Balaban J connectivity index is 2.50. The van der Waals surface area contributed by atoms with Crippen molar-refractivity contribution in [3.63, 3.8) is 0 Å². The second kappa shape index (κ2) is 4.35. The van der Waals surface area contributed by atoms with E-state index in [2.05, 4.69) is 10.3 Å². The average molecular weight is 177 g/mol. The number of hydrogen-bond acceptors (Lipinski definition) is 3. The van der Waals surface area contributed by atoms with Gasteiger partial charge in [0.05, 0.1) is 6.42 Å². The summed E-state index contributed by atoms with van der Waals surface area (Å²) in [5.74, 6) is 0.319. The molecule has 0 saturated heterocycles. The first kappa shape index (κ1) is 9.38. The number of carbonyl (C=O) groups is 1. The zero-order valence-electron chi connectivity index (χ0n) is 7.37. The lowest BCUT2D eigenvalue weighted by atomic mass is 10.3. The highest BCUT2D eigenvalue weighted by Gasteiger charge is 2.02. The third kappa shape index (κ3) is 3.46. The lowest BCUT2D eigenvalue weighted by Gasteiger charge is -2.01. The number of carbonyl (C=O) groups excluding carboxylic acids is 1. The number of nitrogens with one attached hydrogen (secondary N) is 2. The molecule has 0 radical (unpaired) electrons. The molecule has 0 aromatic carbocycles. The van der Waals surface area contributed by atoms with Gasteiger partial charge in [0.1, 0.15) is 5.82 Å². The van der Waals surface area contributed by atoms with Crippen LogP contribution in [0, 0.1) is 5.41 Å². The van der Waals surface area contributed by atoms with Gasteiger partial charge in [-0.1, -0.05) is 6.07 Å². The van der Waals surface area contributed by atoms with Gasteiger partial charge in [0.15, 0.2) is 0 Å². The second-order valence-electron chi connectivity index (χ2n) is 2.72. The summed E-state index contributed by atoms with van der Waals surface area (Å²) in [5.41, 5.74) is 0.341. The van der Waals surface area contributed by atoms with Crippen molar-refractivity contribution < 1.29 is 4.79 Å². The van der Waals surface area contributed by atoms with Crippen LogP contribution in [0.25, 0.3) is 0 Å². The predicted octanol–water partition coefficient (Wildman–Crippen LogP) is 1.45. The molecule has 1 heterocycles. The van der Waals surface area contributed by atoms with E-state index in [0.717, 1.165) is 0 Å². The Bertz CT molecular complexity index is 308. The van der Waals surface area contributed by atoms with Crippen LogP contribution in [-0.4, -0.2) is 16.6 Å². The first-order valence-corrected chi connectivity index (χ1v) is 3.93. The third-order valence-corrected chi connectivity index (χ3v) is 1.36. The van der Waals surface area contributed by atoms with Gasteiger partial charge in [-0.3, -0.25) is 4.79 Å². The fourth-order valence-electron chi connectivity index (χ4n) is 0.865. The second-order valence-corrected chi connectivity index (χ2v) is 2.72. The highest BCUT2D eigenvalue weighted by Crippen LogP contribution is 2.00. The molecule has 0 saturated carbocycles. The molecule has 0 aliphatic carbocycles. The monoisotopic (exact) mass is 177 g/mol. The molecule has 0 aliphatic heterocycles. The van der Waals surface area contributed by atoms with Gasteiger partial charge in [-0.2, -0.15) is 0 Å². The zero-order chi connectivity index (χ0) is 9.68. The minimum atomic E-state index is -0.203. The number of pyridine rings is 1. The first-order valence-electron chi connectivity index (χ1n) is 3.93. The van der Waals surface area contributed by atoms with E-state index in [1.807, 2.05) is 0 Å². The molecular weight excluding hydrogens is 166 g/mol. The van der Waals surface area contributed by atoms with Gasteiger partial charge in [-0.25, -0.2) is 4.98 Å². The van der Waals surface area contributed by atoms with Gasteiger partial charge in [0, 0.05) is 11.9 Å². The topological polar surface area (TPSA) is 65.8 Å². The molecule has 2 N–H and O–H groups in total. The van der Waals surface area contributed by atoms with Gasteiger partial charge in [-0.05, 0) is 19.1 Å². The number of amides is 1. The van der Waals surface area contributed by atoms with Gasteiger partial charge in [0.25, 0.3) is 0 Å². The van der Waals surface area contributed by atoms with Crippen molar-refractivity contribution >= 4 is 17.4 Å². The van der Waals surface area contributed by atoms with Crippen molar-refractivity contribution in [2.45, 2.75) is 13.3 Å². The Morgan fingerprint density at radius 2 is 2.38 bits per heavy atom. The normalized spacial score (nSPS) is 9.31. The summed E-state index contributed by atoms with van der Waals surface area (Å²) in [6, 6.07) is 5.27. The summed E-state index contributed by atoms with van der Waals surface area (Å²) in [6.45, 7) is 1.60. The van der Waals surface area contributed by atoms with Crippen molar-refractivity contribution in [2.75, 3.05) is 5.32 Å². The summed E-state index contributed by atoms with van der Waals surface area (Å²) in [5, 5.41) is 9.69. The maximum absolute atomic E-state index is 11.1. The summed E-state index contributed by atoms with van der Waals surface area (Å²) < 4.78 is 0. The number of hydrogen-bond donors (Lipinski definition) is 2. The smallest absolute Gasteiger partial charge is 0.231 e. The van der Waals surface area contributed by atoms with Crippen LogP contribution in [0.15, 0.2) is 24.4 Å². The third-order valence-electron chi connectivity index (χ3n) is 1.36. The Morgan fingerprint density at radius 1 is 1.62 bits per heavy atom. The SMILES string of the molecule is CC(=N)CC(=O)Nc1ccccn1. The molecule has 0 atom stereocenters. The van der Waals surface area contributed by atoms with E-state index >= 15 is 0 Å². The van der Waals surface area contributed by atoms with Crippen molar-refractivity contribution in [3.8, 4) is 0 Å². The van der Waals surface area contributed by atoms with Crippen LogP contribution in [0.2, 0.25) is 0 Å². The molecule has 0 bridgehead atoms. The number of anilines is 1. The first-order chi connectivity index (χ1) is 6.18. The highest BCUT2D eigenvalue weighted by atomic mass is 16.1. The number of nitrogens with zero attached hydrogens (tertiary/aromatic N) is 1. The van der Waals surface area contributed by atoms with Gasteiger partial charge in [-0.15, -0.1) is 0 Å². The molecule has 0 unspecified atom stereocenters. The van der Waals surface area contributed by atoms with E-state index < -0.39 is 0 Å². The van der Waals surface area contributed by atoms with E-state index in [1.54, 1.807) is 31.3 Å². The highest BCUT2D eigenvalue weighted by molar-refractivity contribution is 6.04. The number of rotatable bonds is 3. The van der Waals surface area contributed by atoms with Crippen LogP contribution in [0.5, 0.6) is 0 Å². The van der Waals surface area contributed by atoms with Crippen molar-refractivity contribution in [2.24, 2.45) is 0 Å². The molecule has 68 valence electrons. The summed E-state index contributed by atoms with van der Waals surface area (Å²) in [4.78, 5) is 15.1. The minimum Gasteiger partial charge on any atom is -0.310 e. The summed E-state index contributed by atoms with van der Waals surface area (Å²) in [6.07, 6.45) is 1.73. The van der Waals surface area contributed by atoms with E-state index in [4.69, 9.17) is 5.41 Å². The molecule has 4 heteroatoms. The Hall–Kier alpha value is -1.71. The molecular formula is C9H11N3O. The number of aromatic nitrogens is 1. The van der Waals surface area contributed by atoms with Crippen LogP contribution < -0.4 is 5.32 Å². The van der Waals surface area contributed by atoms with Crippen LogP contribution in [-0.2, 0) is 4.79 Å². The van der Waals surface area contributed by atoms with Gasteiger partial charge in [0.2, 0.25) is 5.91 Å². The molecule has 4 nitrogen and oxygen atoms in total. The van der Waals surface area contributed by atoms with Crippen molar-refractivity contribution in [1.82, 2.24) is 4.98 Å². The van der Waals surface area contributed by atoms with Crippen LogP contribution in [0.1, 0.15) is 13.3 Å². The Morgan fingerprint density at radius 3 is 2.92 bits per heavy atom. The lowest BCUT2D eigenvalue weighted by Crippen LogP contribution is -2.15. The fourth-order valence-corrected chi connectivity index (χ4v) is 0.865. The maximum atomic E-state index is 11.1. The molecule has 0 fully saturated rings. The zero-order valence-corrected chi connectivity index (χ0v) is 7.37. The van der Waals surface area contributed by atoms with Crippen molar-refractivity contribution in [1.29, 1.82) is 5.41 Å². The average Bonchev–Trinajstić information content (AvgIpc) is 2.04. The molecule has 13 heavy (non-hydrogen) atoms. The van der Waals surface area contributed by atoms with Crippen LogP contribution in [0.3, 0.4) is 0 Å². The van der Waals surface area contributed by atoms with Crippen LogP contribution in [0.4, 0.5) is 5.82 Å². The molecule has 0 spiro atoms. The minimum absolute atomic E-state index is 0.122. The van der Waals surface area contributed by atoms with Crippen molar-refractivity contribution in [3.05, 3.63) is 24.4 Å². The van der Waals surface area contributed by atoms with E-state index in [0.29, 0.717) is 11.5 Å². The maximum Gasteiger partial charge on any atom is 0.231 e. The standard InChI is InChI=1S/C9H11N3O/c1-7(10)6-9(13)12-8-4-2-3-5-11-8/h2-5,10H,6H2,1H3,(H,11,12,13). The van der Waals surface area contributed by atoms with E-state index in [1.165, 1.54) is 0 Å². The van der Waals surface area contributed by atoms with Crippen LogP contribution >= 0.6 is 0 Å².